The van der Waals surface area contributed by atoms with Gasteiger partial charge in [0.15, 0.2) is 0 Å². The molecule has 3 aromatic rings. The number of fused-ring (bicyclic) bond motifs is 1. The van der Waals surface area contributed by atoms with E-state index in [4.69, 9.17) is 5.26 Å². The molecule has 17 heavy (non-hydrogen) atoms. The first kappa shape index (κ1) is 9.68. The summed E-state index contributed by atoms with van der Waals surface area (Å²) in [5.74, 6) is 0. The standard InChI is InChI=1S/C15H10N2/c16-10-13-3-1-2-4-14(13)12-6-5-11-7-8-17-15(11)9-12/h1-9,17H. The summed E-state index contributed by atoms with van der Waals surface area (Å²) in [5.41, 5.74) is 3.84. The number of nitriles is 1. The van der Waals surface area contributed by atoms with Crippen LogP contribution in [0.1, 0.15) is 5.56 Å². The number of hydrogen-bond donors (Lipinski definition) is 1. The molecule has 80 valence electrons. The second kappa shape index (κ2) is 3.80. The van der Waals surface area contributed by atoms with Gasteiger partial charge in [0.05, 0.1) is 11.6 Å². The summed E-state index contributed by atoms with van der Waals surface area (Å²) < 4.78 is 0. The highest BCUT2D eigenvalue weighted by molar-refractivity contribution is 5.85. The van der Waals surface area contributed by atoms with Gasteiger partial charge in [-0.3, -0.25) is 0 Å². The van der Waals surface area contributed by atoms with Crippen LogP contribution in [0.3, 0.4) is 0 Å². The molecule has 0 saturated heterocycles. The summed E-state index contributed by atoms with van der Waals surface area (Å²) in [5, 5.41) is 10.3. The molecule has 1 N–H and O–H groups in total. The second-order valence-electron chi connectivity index (χ2n) is 3.94. The summed E-state index contributed by atoms with van der Waals surface area (Å²) >= 11 is 0. The lowest BCUT2D eigenvalue weighted by Crippen LogP contribution is -1.83. The Morgan fingerprint density at radius 1 is 1.00 bits per heavy atom. The number of aromatic amines is 1. The monoisotopic (exact) mass is 218 g/mol. The molecular formula is C15H10N2. The number of nitrogens with one attached hydrogen (secondary N) is 1. The Labute approximate surface area is 99.1 Å². The van der Waals surface area contributed by atoms with E-state index in [1.165, 1.54) is 5.39 Å². The van der Waals surface area contributed by atoms with Gasteiger partial charge in [0.2, 0.25) is 0 Å². The molecule has 1 aromatic heterocycles. The van der Waals surface area contributed by atoms with Crippen molar-refractivity contribution in [2.45, 2.75) is 0 Å². The molecule has 0 aliphatic carbocycles. The van der Waals surface area contributed by atoms with E-state index in [2.05, 4.69) is 23.2 Å². The van der Waals surface area contributed by atoms with Crippen molar-refractivity contribution in [3.8, 4) is 17.2 Å². The lowest BCUT2D eigenvalue weighted by atomic mass is 10.00. The first-order valence-electron chi connectivity index (χ1n) is 5.45. The normalized spacial score (nSPS) is 10.3. The Hall–Kier alpha value is -2.53. The second-order valence-corrected chi connectivity index (χ2v) is 3.94. The van der Waals surface area contributed by atoms with Gasteiger partial charge >= 0.3 is 0 Å². The van der Waals surface area contributed by atoms with Gasteiger partial charge in [-0.15, -0.1) is 0 Å². The van der Waals surface area contributed by atoms with Crippen LogP contribution in [0, 0.1) is 11.3 Å². The van der Waals surface area contributed by atoms with Crippen molar-refractivity contribution < 1.29 is 0 Å². The fourth-order valence-corrected chi connectivity index (χ4v) is 2.05. The lowest BCUT2D eigenvalue weighted by molar-refractivity contribution is 1.46. The fraction of sp³-hybridized carbons (Fsp3) is 0. The zero-order valence-corrected chi connectivity index (χ0v) is 9.14. The Bertz CT molecular complexity index is 717. The summed E-state index contributed by atoms with van der Waals surface area (Å²) in [4.78, 5) is 3.18. The van der Waals surface area contributed by atoms with Gasteiger partial charge in [0, 0.05) is 11.7 Å². The number of H-pyrrole nitrogens is 1. The molecule has 0 aliphatic heterocycles. The van der Waals surface area contributed by atoms with Crippen LogP contribution in [0.5, 0.6) is 0 Å². The van der Waals surface area contributed by atoms with E-state index in [-0.39, 0.29) is 0 Å². The highest BCUT2D eigenvalue weighted by Crippen LogP contribution is 2.26. The fourth-order valence-electron chi connectivity index (χ4n) is 2.05. The van der Waals surface area contributed by atoms with Crippen LogP contribution in [0.15, 0.2) is 54.7 Å². The lowest BCUT2D eigenvalue weighted by Gasteiger charge is -2.04. The number of aromatic nitrogens is 1. The van der Waals surface area contributed by atoms with Crippen LogP contribution in [0.4, 0.5) is 0 Å². The van der Waals surface area contributed by atoms with Crippen LogP contribution in [-0.4, -0.2) is 4.98 Å². The Morgan fingerprint density at radius 2 is 1.88 bits per heavy atom. The zero-order chi connectivity index (χ0) is 11.7. The van der Waals surface area contributed by atoms with Crippen molar-refractivity contribution in [3.63, 3.8) is 0 Å². The van der Waals surface area contributed by atoms with Crippen molar-refractivity contribution in [1.82, 2.24) is 4.98 Å². The topological polar surface area (TPSA) is 39.6 Å². The summed E-state index contributed by atoms with van der Waals surface area (Å²) in [6.45, 7) is 0. The van der Waals surface area contributed by atoms with Gasteiger partial charge in [-0.2, -0.15) is 5.26 Å². The molecule has 0 amide bonds. The average Bonchev–Trinajstić information content (AvgIpc) is 2.85. The average molecular weight is 218 g/mol. The molecule has 0 unspecified atom stereocenters. The number of nitrogens with zero attached hydrogens (tertiary/aromatic N) is 1. The van der Waals surface area contributed by atoms with E-state index in [1.54, 1.807) is 0 Å². The minimum absolute atomic E-state index is 0.707. The quantitative estimate of drug-likeness (QED) is 0.664. The third kappa shape index (κ3) is 1.58. The molecule has 0 atom stereocenters. The van der Waals surface area contributed by atoms with Crippen molar-refractivity contribution in [3.05, 3.63) is 60.3 Å². The smallest absolute Gasteiger partial charge is 0.0998 e. The van der Waals surface area contributed by atoms with Crippen LogP contribution >= 0.6 is 0 Å². The van der Waals surface area contributed by atoms with E-state index in [0.717, 1.165) is 16.6 Å². The molecule has 2 aromatic carbocycles. The Balaban J connectivity index is 2.23. The molecule has 0 saturated carbocycles. The van der Waals surface area contributed by atoms with Gasteiger partial charge in [0.25, 0.3) is 0 Å². The summed E-state index contributed by atoms with van der Waals surface area (Å²) in [7, 11) is 0. The highest BCUT2D eigenvalue weighted by atomic mass is 14.7. The van der Waals surface area contributed by atoms with Crippen molar-refractivity contribution in [2.75, 3.05) is 0 Å². The highest BCUT2D eigenvalue weighted by Gasteiger charge is 2.04. The number of hydrogen-bond acceptors (Lipinski definition) is 1. The minimum atomic E-state index is 0.707. The van der Waals surface area contributed by atoms with Crippen LogP contribution < -0.4 is 0 Å². The first-order chi connectivity index (χ1) is 8.38. The van der Waals surface area contributed by atoms with Crippen molar-refractivity contribution in [2.24, 2.45) is 0 Å². The number of benzene rings is 2. The van der Waals surface area contributed by atoms with Gasteiger partial charge in [-0.25, -0.2) is 0 Å². The van der Waals surface area contributed by atoms with E-state index in [0.29, 0.717) is 5.56 Å². The Kier molecular flexibility index (Phi) is 2.16. The van der Waals surface area contributed by atoms with E-state index in [1.807, 2.05) is 42.6 Å². The Morgan fingerprint density at radius 3 is 2.76 bits per heavy atom. The van der Waals surface area contributed by atoms with E-state index >= 15 is 0 Å². The predicted octanol–water partition coefficient (Wildman–Crippen LogP) is 3.71. The van der Waals surface area contributed by atoms with Crippen LogP contribution in [0.25, 0.3) is 22.0 Å². The van der Waals surface area contributed by atoms with Crippen LogP contribution in [0.2, 0.25) is 0 Å². The van der Waals surface area contributed by atoms with E-state index in [9.17, 15) is 0 Å². The van der Waals surface area contributed by atoms with Crippen molar-refractivity contribution in [1.29, 1.82) is 5.26 Å². The maximum absolute atomic E-state index is 9.10. The van der Waals surface area contributed by atoms with Gasteiger partial charge in [-0.1, -0.05) is 30.3 Å². The molecule has 0 fully saturated rings. The molecule has 0 spiro atoms. The minimum Gasteiger partial charge on any atom is -0.361 e. The SMILES string of the molecule is N#Cc1ccccc1-c1ccc2cc[nH]c2c1. The molecule has 0 bridgehead atoms. The van der Waals surface area contributed by atoms with Gasteiger partial charge in [-0.05, 0) is 34.7 Å². The van der Waals surface area contributed by atoms with Gasteiger partial charge < -0.3 is 4.98 Å². The zero-order valence-electron chi connectivity index (χ0n) is 9.14. The maximum Gasteiger partial charge on any atom is 0.0998 e. The summed E-state index contributed by atoms with van der Waals surface area (Å²) in [6.07, 6.45) is 1.92. The molecule has 2 heteroatoms. The molecular weight excluding hydrogens is 208 g/mol. The molecule has 3 rings (SSSR count). The molecule has 2 nitrogen and oxygen atoms in total. The van der Waals surface area contributed by atoms with Crippen LogP contribution in [-0.2, 0) is 0 Å². The molecule has 0 radical (unpaired) electrons. The van der Waals surface area contributed by atoms with Gasteiger partial charge in [0.1, 0.15) is 0 Å². The van der Waals surface area contributed by atoms with E-state index < -0.39 is 0 Å². The predicted molar refractivity (Wildman–Crippen MR) is 68.4 cm³/mol. The van der Waals surface area contributed by atoms with Crippen molar-refractivity contribution >= 4 is 10.9 Å². The maximum atomic E-state index is 9.10. The molecule has 0 aliphatic rings. The first-order valence-corrected chi connectivity index (χ1v) is 5.45. The number of rotatable bonds is 1. The largest absolute Gasteiger partial charge is 0.361 e. The molecule has 1 heterocycles. The third-order valence-corrected chi connectivity index (χ3v) is 2.91. The summed E-state index contributed by atoms with van der Waals surface area (Å²) in [6, 6.07) is 18.1. The third-order valence-electron chi connectivity index (χ3n) is 2.91.